The van der Waals surface area contributed by atoms with Gasteiger partial charge < -0.3 is 10.2 Å². The highest BCUT2D eigenvalue weighted by molar-refractivity contribution is 6.00. The average molecular weight is 336 g/mol. The molecule has 2 amide bonds. The molecule has 1 atom stereocenters. The predicted octanol–water partition coefficient (Wildman–Crippen LogP) is 3.48. The molecule has 0 aliphatic carbocycles. The van der Waals surface area contributed by atoms with Gasteiger partial charge in [0.25, 0.3) is 0 Å². The van der Waals surface area contributed by atoms with E-state index in [4.69, 9.17) is 0 Å². The van der Waals surface area contributed by atoms with Crippen LogP contribution in [0.15, 0.2) is 54.6 Å². The van der Waals surface area contributed by atoms with Crippen molar-refractivity contribution in [3.63, 3.8) is 0 Å². The largest absolute Gasteiger partial charge is 0.352 e. The van der Waals surface area contributed by atoms with Crippen LogP contribution in [-0.2, 0) is 16.1 Å². The van der Waals surface area contributed by atoms with Crippen LogP contribution in [-0.4, -0.2) is 18.4 Å². The van der Waals surface area contributed by atoms with Crippen LogP contribution < -0.4 is 10.2 Å². The van der Waals surface area contributed by atoms with Gasteiger partial charge in [-0.05, 0) is 29.2 Å². The molecule has 0 spiro atoms. The Morgan fingerprint density at radius 3 is 2.44 bits per heavy atom. The van der Waals surface area contributed by atoms with Gasteiger partial charge in [0.15, 0.2) is 0 Å². The second-order valence-electron chi connectivity index (χ2n) is 6.86. The third-order valence-corrected chi connectivity index (χ3v) is 4.68. The number of carbonyl (C=O) groups excluding carboxylic acids is 2. The second kappa shape index (κ2) is 7.51. The van der Waals surface area contributed by atoms with Crippen molar-refractivity contribution in [2.75, 3.05) is 11.4 Å². The Morgan fingerprint density at radius 2 is 1.80 bits per heavy atom. The van der Waals surface area contributed by atoms with Crippen molar-refractivity contribution in [2.24, 2.45) is 5.92 Å². The number of nitrogens with one attached hydrogen (secondary N) is 1. The summed E-state index contributed by atoms with van der Waals surface area (Å²) >= 11 is 0. The molecule has 1 aliphatic rings. The molecule has 4 nitrogen and oxygen atoms in total. The fourth-order valence-electron chi connectivity index (χ4n) is 3.10. The van der Waals surface area contributed by atoms with Crippen LogP contribution in [0.25, 0.3) is 0 Å². The standard InChI is InChI=1S/C21H24N2O2/c1-15(2)17-8-10-19(11-9-17)23-14-18(12-20(23)24)21(25)22-13-16-6-4-3-5-7-16/h3-11,15,18H,12-14H2,1-2H3,(H,22,25)/t18-/m0/s1. The van der Waals surface area contributed by atoms with E-state index in [-0.39, 0.29) is 24.2 Å². The molecule has 1 saturated heterocycles. The molecule has 0 radical (unpaired) electrons. The minimum absolute atomic E-state index is 0.0113. The first kappa shape index (κ1) is 17.2. The number of hydrogen-bond donors (Lipinski definition) is 1. The van der Waals surface area contributed by atoms with Gasteiger partial charge in [-0.25, -0.2) is 0 Å². The van der Waals surface area contributed by atoms with Crippen LogP contribution in [0.2, 0.25) is 0 Å². The molecule has 0 bridgehead atoms. The Morgan fingerprint density at radius 1 is 1.12 bits per heavy atom. The molecular formula is C21H24N2O2. The summed E-state index contributed by atoms with van der Waals surface area (Å²) in [6.07, 6.45) is 0.270. The van der Waals surface area contributed by atoms with Gasteiger partial charge in [0.05, 0.1) is 5.92 Å². The van der Waals surface area contributed by atoms with Crippen molar-refractivity contribution in [3.05, 3.63) is 65.7 Å². The summed E-state index contributed by atoms with van der Waals surface area (Å²) in [7, 11) is 0. The summed E-state index contributed by atoms with van der Waals surface area (Å²) in [5.74, 6) is 0.122. The lowest BCUT2D eigenvalue weighted by atomic mass is 10.0. The molecule has 0 saturated carbocycles. The van der Waals surface area contributed by atoms with E-state index in [1.165, 1.54) is 5.56 Å². The third kappa shape index (κ3) is 4.08. The number of benzene rings is 2. The van der Waals surface area contributed by atoms with E-state index in [0.29, 0.717) is 19.0 Å². The van der Waals surface area contributed by atoms with Gasteiger partial charge in [-0.1, -0.05) is 56.3 Å². The molecule has 130 valence electrons. The minimum Gasteiger partial charge on any atom is -0.352 e. The number of rotatable bonds is 5. The number of carbonyl (C=O) groups is 2. The van der Waals surface area contributed by atoms with E-state index in [1.807, 2.05) is 42.5 Å². The fourth-order valence-corrected chi connectivity index (χ4v) is 3.10. The highest BCUT2D eigenvalue weighted by Gasteiger charge is 2.34. The highest BCUT2D eigenvalue weighted by Crippen LogP contribution is 2.27. The van der Waals surface area contributed by atoms with Crippen LogP contribution in [0, 0.1) is 5.92 Å². The lowest BCUT2D eigenvalue weighted by Gasteiger charge is -2.17. The van der Waals surface area contributed by atoms with E-state index in [9.17, 15) is 9.59 Å². The summed E-state index contributed by atoms with van der Waals surface area (Å²) in [6, 6.07) is 17.8. The molecular weight excluding hydrogens is 312 g/mol. The summed E-state index contributed by atoms with van der Waals surface area (Å²) in [5.41, 5.74) is 3.17. The minimum atomic E-state index is -0.291. The Hall–Kier alpha value is -2.62. The maximum absolute atomic E-state index is 12.4. The molecule has 0 unspecified atom stereocenters. The number of nitrogens with zero attached hydrogens (tertiary/aromatic N) is 1. The van der Waals surface area contributed by atoms with Gasteiger partial charge in [-0.15, -0.1) is 0 Å². The van der Waals surface area contributed by atoms with Crippen molar-refractivity contribution < 1.29 is 9.59 Å². The predicted molar refractivity (Wildman–Crippen MR) is 99.3 cm³/mol. The van der Waals surface area contributed by atoms with Gasteiger partial charge in [-0.3, -0.25) is 9.59 Å². The Bertz CT molecular complexity index is 738. The Kier molecular flexibility index (Phi) is 5.17. The maximum atomic E-state index is 12.4. The van der Waals surface area contributed by atoms with E-state index in [2.05, 4.69) is 31.3 Å². The summed E-state index contributed by atoms with van der Waals surface area (Å²) in [6.45, 7) is 5.22. The first-order chi connectivity index (χ1) is 12.0. The van der Waals surface area contributed by atoms with Crippen LogP contribution in [0.5, 0.6) is 0 Å². The molecule has 2 aromatic rings. The third-order valence-electron chi connectivity index (χ3n) is 4.68. The molecule has 2 aromatic carbocycles. The van der Waals surface area contributed by atoms with E-state index in [0.717, 1.165) is 11.3 Å². The lowest BCUT2D eigenvalue weighted by molar-refractivity contribution is -0.126. The normalized spacial score (nSPS) is 17.2. The fraction of sp³-hybridized carbons (Fsp3) is 0.333. The van der Waals surface area contributed by atoms with Crippen LogP contribution >= 0.6 is 0 Å². The monoisotopic (exact) mass is 336 g/mol. The van der Waals surface area contributed by atoms with Crippen molar-refractivity contribution in [2.45, 2.75) is 32.7 Å². The first-order valence-corrected chi connectivity index (χ1v) is 8.76. The van der Waals surface area contributed by atoms with Crippen molar-refractivity contribution in [3.8, 4) is 0 Å². The van der Waals surface area contributed by atoms with Crippen molar-refractivity contribution >= 4 is 17.5 Å². The maximum Gasteiger partial charge on any atom is 0.227 e. The van der Waals surface area contributed by atoms with Gasteiger partial charge in [0.1, 0.15) is 0 Å². The zero-order chi connectivity index (χ0) is 17.8. The van der Waals surface area contributed by atoms with Crippen LogP contribution in [0.3, 0.4) is 0 Å². The summed E-state index contributed by atoms with van der Waals surface area (Å²) in [5, 5.41) is 2.94. The quantitative estimate of drug-likeness (QED) is 0.909. The average Bonchev–Trinajstić information content (AvgIpc) is 3.02. The lowest BCUT2D eigenvalue weighted by Crippen LogP contribution is -2.32. The molecule has 1 N–H and O–H groups in total. The van der Waals surface area contributed by atoms with E-state index in [1.54, 1.807) is 4.90 Å². The molecule has 4 heteroatoms. The number of hydrogen-bond acceptors (Lipinski definition) is 2. The number of amides is 2. The van der Waals surface area contributed by atoms with Crippen molar-refractivity contribution in [1.29, 1.82) is 0 Å². The summed E-state index contributed by atoms with van der Waals surface area (Å²) in [4.78, 5) is 26.4. The van der Waals surface area contributed by atoms with Gasteiger partial charge in [0.2, 0.25) is 11.8 Å². The van der Waals surface area contributed by atoms with Gasteiger partial charge >= 0.3 is 0 Å². The molecule has 1 heterocycles. The van der Waals surface area contributed by atoms with E-state index < -0.39 is 0 Å². The highest BCUT2D eigenvalue weighted by atomic mass is 16.2. The molecule has 25 heavy (non-hydrogen) atoms. The van der Waals surface area contributed by atoms with Crippen LogP contribution in [0.1, 0.15) is 37.3 Å². The van der Waals surface area contributed by atoms with Gasteiger partial charge in [0, 0.05) is 25.2 Å². The first-order valence-electron chi connectivity index (χ1n) is 8.76. The van der Waals surface area contributed by atoms with Gasteiger partial charge in [-0.2, -0.15) is 0 Å². The Labute approximate surface area is 148 Å². The number of anilines is 1. The Balaban J connectivity index is 1.60. The smallest absolute Gasteiger partial charge is 0.227 e. The summed E-state index contributed by atoms with van der Waals surface area (Å²) < 4.78 is 0. The molecule has 1 aliphatic heterocycles. The molecule has 0 aromatic heterocycles. The second-order valence-corrected chi connectivity index (χ2v) is 6.86. The zero-order valence-electron chi connectivity index (χ0n) is 14.7. The molecule has 3 rings (SSSR count). The zero-order valence-corrected chi connectivity index (χ0v) is 14.7. The van der Waals surface area contributed by atoms with Crippen molar-refractivity contribution in [1.82, 2.24) is 5.32 Å². The SMILES string of the molecule is CC(C)c1ccc(N2C[C@@H](C(=O)NCc3ccccc3)CC2=O)cc1. The molecule has 1 fully saturated rings. The van der Waals surface area contributed by atoms with Crippen LogP contribution in [0.4, 0.5) is 5.69 Å². The topological polar surface area (TPSA) is 49.4 Å². The van der Waals surface area contributed by atoms with E-state index >= 15 is 0 Å².